The van der Waals surface area contributed by atoms with E-state index in [0.717, 1.165) is 59.1 Å². The highest BCUT2D eigenvalue weighted by Gasteiger charge is 2.31. The number of hydrogen-bond acceptors (Lipinski definition) is 10. The van der Waals surface area contributed by atoms with E-state index >= 15 is 0 Å². The summed E-state index contributed by atoms with van der Waals surface area (Å²) in [5.41, 5.74) is 7.92. The largest absolute Gasteiger partial charge is 0.461 e. The fourth-order valence-corrected chi connectivity index (χ4v) is 8.54. The molecule has 0 saturated carbocycles. The summed E-state index contributed by atoms with van der Waals surface area (Å²) >= 11 is 3.03. The van der Waals surface area contributed by atoms with Gasteiger partial charge >= 0.3 is 5.97 Å². The summed E-state index contributed by atoms with van der Waals surface area (Å²) in [4.78, 5) is 47.2. The van der Waals surface area contributed by atoms with Crippen molar-refractivity contribution in [3.05, 3.63) is 139 Å². The lowest BCUT2D eigenvalue weighted by Crippen LogP contribution is -2.13. The summed E-state index contributed by atoms with van der Waals surface area (Å²) in [5, 5.41) is 0. The van der Waals surface area contributed by atoms with Crippen LogP contribution in [0, 0.1) is 24.7 Å². The van der Waals surface area contributed by atoms with Crippen LogP contribution < -0.4 is 0 Å². The molecule has 0 amide bonds. The van der Waals surface area contributed by atoms with Crippen molar-refractivity contribution in [3.8, 4) is 36.1 Å². The molecule has 0 fully saturated rings. The number of ether oxygens (including phenoxy) is 1. The number of aliphatic imine (C=N–C) groups is 2. The normalized spacial score (nSPS) is 15.7. The Morgan fingerprint density at radius 1 is 0.755 bits per heavy atom. The molecule has 6 aromatic rings. The Hall–Kier alpha value is -5.89. The maximum Gasteiger partial charge on any atom is 0.358 e. The number of esters is 1. The number of carbonyl (C=O) groups is 1. The molecular formula is C41H32N6O4S2. The van der Waals surface area contributed by atoms with Crippen LogP contribution in [0.1, 0.15) is 90.6 Å². The number of aromatic nitrogens is 4. The molecule has 6 heterocycles. The van der Waals surface area contributed by atoms with Crippen molar-refractivity contribution in [3.63, 3.8) is 0 Å². The number of rotatable bonds is 10. The quantitative estimate of drug-likeness (QED) is 0.0470. The van der Waals surface area contributed by atoms with Gasteiger partial charge in [-0.15, -0.1) is 35.5 Å². The van der Waals surface area contributed by atoms with Gasteiger partial charge in [-0.1, -0.05) is 72.5 Å². The zero-order chi connectivity index (χ0) is 36.5. The van der Waals surface area contributed by atoms with Gasteiger partial charge < -0.3 is 4.74 Å². The molecule has 8 rings (SSSR count). The smallest absolute Gasteiger partial charge is 0.358 e. The third-order valence-corrected chi connectivity index (χ3v) is 11.1. The Morgan fingerprint density at radius 3 is 1.89 bits per heavy atom. The molecule has 2 aliphatic rings. The van der Waals surface area contributed by atoms with E-state index < -0.39 is 5.97 Å². The maximum absolute atomic E-state index is 13.3. The van der Waals surface area contributed by atoms with Crippen molar-refractivity contribution in [1.29, 1.82) is 0 Å². The van der Waals surface area contributed by atoms with E-state index in [1.807, 2.05) is 83.6 Å². The minimum Gasteiger partial charge on any atom is -0.461 e. The van der Waals surface area contributed by atoms with Gasteiger partial charge in [0, 0.05) is 17.5 Å². The Bertz CT molecular complexity index is 2480. The second kappa shape index (κ2) is 14.6. The number of carbonyl (C=O) groups excluding carboxylic acids is 1. The van der Waals surface area contributed by atoms with Crippen molar-refractivity contribution >= 4 is 40.1 Å². The fraction of sp³-hybridized carbons (Fsp3) is 0.195. The lowest BCUT2D eigenvalue weighted by Gasteiger charge is -2.11. The van der Waals surface area contributed by atoms with Crippen molar-refractivity contribution in [2.75, 3.05) is 13.2 Å². The van der Waals surface area contributed by atoms with Gasteiger partial charge in [-0.25, -0.2) is 24.5 Å². The van der Waals surface area contributed by atoms with Gasteiger partial charge in [0.2, 0.25) is 0 Å². The van der Waals surface area contributed by atoms with Crippen LogP contribution in [0.4, 0.5) is 0 Å². The van der Waals surface area contributed by atoms with Crippen LogP contribution in [-0.2, 0) is 21.1 Å². The van der Waals surface area contributed by atoms with E-state index in [-0.39, 0.29) is 37.6 Å². The molecule has 4 aromatic heterocycles. The summed E-state index contributed by atoms with van der Waals surface area (Å²) in [7, 11) is 0. The molecule has 53 heavy (non-hydrogen) atoms. The third-order valence-electron chi connectivity index (χ3n) is 8.96. The molecule has 0 aliphatic carbocycles. The third kappa shape index (κ3) is 6.43. The van der Waals surface area contributed by atoms with Crippen LogP contribution in [0.25, 0.3) is 11.4 Å². The van der Waals surface area contributed by atoms with Crippen LogP contribution in [0.2, 0.25) is 0 Å². The molecule has 0 radical (unpaired) electrons. The first-order valence-corrected chi connectivity index (χ1v) is 18.6. The Morgan fingerprint density at radius 2 is 1.30 bits per heavy atom. The minimum atomic E-state index is -0.537. The second-order valence-corrected chi connectivity index (χ2v) is 14.5. The van der Waals surface area contributed by atoms with E-state index in [1.54, 1.807) is 12.7 Å². The van der Waals surface area contributed by atoms with Crippen molar-refractivity contribution in [2.24, 2.45) is 9.98 Å². The number of imidazole rings is 2. The molecule has 0 spiro atoms. The number of hydrogen-bond donors (Lipinski definition) is 0. The van der Waals surface area contributed by atoms with Crippen molar-refractivity contribution < 1.29 is 19.3 Å². The molecule has 0 saturated heterocycles. The zero-order valence-electron chi connectivity index (χ0n) is 28.9. The van der Waals surface area contributed by atoms with Gasteiger partial charge in [-0.3, -0.25) is 19.1 Å². The zero-order valence-corrected chi connectivity index (χ0v) is 30.5. The van der Waals surface area contributed by atoms with E-state index in [1.165, 1.54) is 22.7 Å². The van der Waals surface area contributed by atoms with Crippen LogP contribution in [0.15, 0.2) is 95.4 Å². The van der Waals surface area contributed by atoms with Gasteiger partial charge in [0.15, 0.2) is 5.69 Å². The van der Waals surface area contributed by atoms with Gasteiger partial charge in [0.1, 0.15) is 12.9 Å². The lowest BCUT2D eigenvalue weighted by atomic mass is 10.1. The Balaban J connectivity index is 0.904. The number of nitrogens with zero attached hydrogens (tertiary/aromatic N) is 6. The lowest BCUT2D eigenvalue weighted by molar-refractivity contribution is -0.305. The first kappa shape index (κ1) is 34.2. The summed E-state index contributed by atoms with van der Waals surface area (Å²) in [6.07, 6.45) is 15.4. The van der Waals surface area contributed by atoms with Gasteiger partial charge in [-0.05, 0) is 26.0 Å². The molecule has 2 unspecified atom stereocenters. The molecule has 2 aromatic carbocycles. The number of fused-ring (bicyclic) bond motifs is 6. The summed E-state index contributed by atoms with van der Waals surface area (Å²) in [6, 6.07) is 23.4. The Labute approximate surface area is 314 Å². The first-order chi connectivity index (χ1) is 25.9. The predicted molar refractivity (Wildman–Crippen MR) is 205 cm³/mol. The van der Waals surface area contributed by atoms with Crippen LogP contribution in [-0.4, -0.2) is 49.7 Å². The highest BCUT2D eigenvalue weighted by Crippen LogP contribution is 2.38. The molecular weight excluding hydrogens is 705 g/mol. The van der Waals surface area contributed by atoms with Crippen molar-refractivity contribution in [2.45, 2.75) is 39.0 Å². The average molecular weight is 737 g/mol. The highest BCUT2D eigenvalue weighted by molar-refractivity contribution is 7.15. The van der Waals surface area contributed by atoms with Crippen molar-refractivity contribution in [1.82, 2.24) is 19.1 Å². The van der Waals surface area contributed by atoms with E-state index in [2.05, 4.69) is 33.9 Å². The molecule has 10 nitrogen and oxygen atoms in total. The molecule has 0 bridgehead atoms. The molecule has 2 aliphatic heterocycles. The SMILES string of the molecule is C#Cc1cc2c(s1)C(c1ccccc1)=NC(C)c1c(COOCCCOC(=O)c3ncn4c3C(C)N=C(c3ccccc3)c3sc(C#C)cc3-4)ncn1-2. The molecule has 2 atom stereocenters. The first-order valence-electron chi connectivity index (χ1n) is 17.0. The van der Waals surface area contributed by atoms with Gasteiger partial charge in [-0.2, -0.15) is 0 Å². The van der Waals surface area contributed by atoms with E-state index in [0.29, 0.717) is 17.8 Å². The molecule has 262 valence electrons. The van der Waals surface area contributed by atoms with E-state index in [4.69, 9.17) is 37.3 Å². The Kier molecular flexibility index (Phi) is 9.44. The number of benzene rings is 2. The van der Waals surface area contributed by atoms with E-state index in [9.17, 15) is 4.79 Å². The number of terminal acetylenes is 2. The second-order valence-electron chi connectivity index (χ2n) is 12.3. The van der Waals surface area contributed by atoms with Crippen LogP contribution in [0.5, 0.6) is 0 Å². The average Bonchev–Trinajstić information content (AvgIpc) is 3.98. The van der Waals surface area contributed by atoms with Gasteiger partial charge in [0.05, 0.1) is 91.0 Å². The summed E-state index contributed by atoms with van der Waals surface area (Å²) < 4.78 is 9.57. The molecule has 0 N–H and O–H groups in total. The minimum absolute atomic E-state index is 0.110. The van der Waals surface area contributed by atoms with Crippen LogP contribution >= 0.6 is 22.7 Å². The highest BCUT2D eigenvalue weighted by atomic mass is 32.1. The monoisotopic (exact) mass is 736 g/mol. The van der Waals surface area contributed by atoms with Crippen LogP contribution in [0.3, 0.4) is 0 Å². The standard InChI is InChI=1S/C41H32N6O4S2/c1-5-29-20-32-39(52-29)34(27-14-9-7-10-15-27)44-25(3)37-31(42-23-46(32)37)22-51-50-19-13-18-49-41(48)36-38-26(4)45-35(28-16-11-8-12-17-28)40-33(47(38)24-43-36)21-30(6-2)53-40/h1-2,7-12,14-17,20-21,23-26H,13,18-19,22H2,3-4H3. The molecule has 12 heteroatoms. The predicted octanol–water partition coefficient (Wildman–Crippen LogP) is 7.66. The fourth-order valence-electron chi connectivity index (χ4n) is 6.59. The summed E-state index contributed by atoms with van der Waals surface area (Å²) in [5.74, 6) is 4.97. The van der Waals surface area contributed by atoms with Gasteiger partial charge in [0.25, 0.3) is 0 Å². The number of thiophene rings is 2. The summed E-state index contributed by atoms with van der Waals surface area (Å²) in [6.45, 7) is 4.40. The maximum atomic E-state index is 13.3. The topological polar surface area (TPSA) is 105 Å².